The molecule has 1 aliphatic heterocycles. The van der Waals surface area contributed by atoms with E-state index in [1.165, 1.54) is 18.3 Å². The largest absolute Gasteiger partial charge is 0.508 e. The van der Waals surface area contributed by atoms with Gasteiger partial charge in [0.2, 0.25) is 17.7 Å². The van der Waals surface area contributed by atoms with E-state index in [9.17, 15) is 19.5 Å². The second-order valence-corrected chi connectivity index (χ2v) is 10.4. The topological polar surface area (TPSA) is 112 Å². The van der Waals surface area contributed by atoms with Crippen molar-refractivity contribution < 1.29 is 19.5 Å². The van der Waals surface area contributed by atoms with E-state index < -0.39 is 17.5 Å². The minimum Gasteiger partial charge on any atom is -0.508 e. The Morgan fingerprint density at radius 3 is 2.61 bits per heavy atom. The molecule has 0 aliphatic carbocycles. The van der Waals surface area contributed by atoms with Crippen LogP contribution in [0.3, 0.4) is 0 Å². The number of nitrogens with zero attached hydrogens (tertiary/aromatic N) is 2. The number of aromatic nitrogens is 1. The third-order valence-electron chi connectivity index (χ3n) is 5.85. The normalized spacial score (nSPS) is 17.0. The first-order valence-electron chi connectivity index (χ1n) is 11.1. The molecular formula is C24H32N4O4S. The Balaban J connectivity index is 1.68. The van der Waals surface area contributed by atoms with Gasteiger partial charge in [-0.2, -0.15) is 0 Å². The lowest BCUT2D eigenvalue weighted by Crippen LogP contribution is -2.57. The van der Waals surface area contributed by atoms with E-state index in [0.717, 1.165) is 22.6 Å². The average Bonchev–Trinajstić information content (AvgIpc) is 3.38. The molecule has 0 spiro atoms. The fourth-order valence-corrected chi connectivity index (χ4v) is 4.86. The Kier molecular flexibility index (Phi) is 7.41. The van der Waals surface area contributed by atoms with Gasteiger partial charge in [-0.3, -0.25) is 14.4 Å². The average molecular weight is 473 g/mol. The first-order chi connectivity index (χ1) is 15.5. The van der Waals surface area contributed by atoms with Crippen LogP contribution >= 0.6 is 11.3 Å². The molecule has 1 aromatic heterocycles. The third kappa shape index (κ3) is 5.71. The molecule has 178 valence electrons. The van der Waals surface area contributed by atoms with Crippen LogP contribution in [-0.4, -0.2) is 51.3 Å². The van der Waals surface area contributed by atoms with Gasteiger partial charge < -0.3 is 20.6 Å². The smallest absolute Gasteiger partial charge is 0.246 e. The van der Waals surface area contributed by atoms with E-state index in [2.05, 4.69) is 15.6 Å². The van der Waals surface area contributed by atoms with Crippen LogP contribution < -0.4 is 10.6 Å². The van der Waals surface area contributed by atoms with Crippen LogP contribution in [0.4, 0.5) is 0 Å². The van der Waals surface area contributed by atoms with Gasteiger partial charge in [0.1, 0.15) is 17.8 Å². The summed E-state index contributed by atoms with van der Waals surface area (Å²) < 4.78 is 0. The van der Waals surface area contributed by atoms with Crippen molar-refractivity contribution in [3.05, 3.63) is 35.0 Å². The summed E-state index contributed by atoms with van der Waals surface area (Å²) in [6.07, 6.45) is 1.28. The highest BCUT2D eigenvalue weighted by atomic mass is 32.1. The van der Waals surface area contributed by atoms with Crippen molar-refractivity contribution in [1.29, 1.82) is 0 Å². The first kappa shape index (κ1) is 24.7. The molecule has 3 amide bonds. The molecular weight excluding hydrogens is 440 g/mol. The molecule has 0 saturated carbocycles. The van der Waals surface area contributed by atoms with E-state index in [-0.39, 0.29) is 30.0 Å². The Bertz CT molecular complexity index is 1040. The van der Waals surface area contributed by atoms with Crippen molar-refractivity contribution in [3.8, 4) is 16.2 Å². The summed E-state index contributed by atoms with van der Waals surface area (Å²) in [6, 6.07) is 4.05. The molecule has 0 unspecified atom stereocenters. The van der Waals surface area contributed by atoms with E-state index in [4.69, 9.17) is 0 Å². The molecule has 3 rings (SSSR count). The number of benzene rings is 1. The predicted molar refractivity (Wildman–Crippen MR) is 128 cm³/mol. The minimum atomic E-state index is -0.713. The lowest BCUT2D eigenvalue weighted by Gasteiger charge is -2.35. The molecule has 1 saturated heterocycles. The number of hydrogen-bond acceptors (Lipinski definition) is 6. The molecule has 8 nitrogen and oxygen atoms in total. The fraction of sp³-hybridized carbons (Fsp3) is 0.500. The second kappa shape index (κ2) is 9.91. The predicted octanol–water partition coefficient (Wildman–Crippen LogP) is 2.98. The van der Waals surface area contributed by atoms with E-state index in [1.807, 2.05) is 33.8 Å². The zero-order valence-corrected chi connectivity index (χ0v) is 20.6. The molecule has 1 fully saturated rings. The minimum absolute atomic E-state index is 0.0957. The summed E-state index contributed by atoms with van der Waals surface area (Å²) in [6.45, 7) is 9.58. The molecule has 1 aromatic carbocycles. The number of likely N-dealkylation sites (tertiary alicyclic amines) is 1. The number of rotatable bonds is 6. The summed E-state index contributed by atoms with van der Waals surface area (Å²) in [7, 11) is 0. The molecule has 0 radical (unpaired) electrons. The van der Waals surface area contributed by atoms with Gasteiger partial charge in [0.15, 0.2) is 0 Å². The molecule has 2 aromatic rings. The number of nitrogens with one attached hydrogen (secondary N) is 2. The summed E-state index contributed by atoms with van der Waals surface area (Å²) in [5, 5.41) is 16.1. The lowest BCUT2D eigenvalue weighted by atomic mass is 9.85. The number of aromatic hydroxyl groups is 1. The van der Waals surface area contributed by atoms with Crippen LogP contribution in [0.5, 0.6) is 5.75 Å². The van der Waals surface area contributed by atoms with E-state index >= 15 is 0 Å². The Hall–Kier alpha value is -2.94. The standard InChI is InChI=1S/C24H32N4O4S/c1-14-20(33-13-26-14)16-8-9-17(19(30)11-16)12-25-22(31)18-7-6-10-28(18)23(32)21(24(3,4)5)27-15(2)29/h8-9,11,13,18,21,30H,6-7,10,12H2,1-5H3,(H,25,31)(H,27,29)/t18-,21+/m0/s1. The van der Waals surface area contributed by atoms with Crippen molar-refractivity contribution >= 4 is 29.1 Å². The van der Waals surface area contributed by atoms with Crippen LogP contribution in [0.25, 0.3) is 10.4 Å². The maximum absolute atomic E-state index is 13.2. The van der Waals surface area contributed by atoms with E-state index in [0.29, 0.717) is 18.5 Å². The molecule has 1 aliphatic rings. The highest BCUT2D eigenvalue weighted by Gasteiger charge is 2.41. The highest BCUT2D eigenvalue weighted by Crippen LogP contribution is 2.31. The van der Waals surface area contributed by atoms with Gasteiger partial charge in [-0.1, -0.05) is 32.9 Å². The maximum Gasteiger partial charge on any atom is 0.246 e. The Morgan fingerprint density at radius 2 is 2.03 bits per heavy atom. The summed E-state index contributed by atoms with van der Waals surface area (Å²) in [5.74, 6) is -0.699. The number of thiazole rings is 1. The zero-order valence-electron chi connectivity index (χ0n) is 19.8. The molecule has 2 atom stereocenters. The van der Waals surface area contributed by atoms with Crippen molar-refractivity contribution in [3.63, 3.8) is 0 Å². The van der Waals surface area contributed by atoms with Gasteiger partial charge in [-0.15, -0.1) is 11.3 Å². The van der Waals surface area contributed by atoms with Gasteiger partial charge in [0.05, 0.1) is 16.1 Å². The highest BCUT2D eigenvalue weighted by molar-refractivity contribution is 7.13. The monoisotopic (exact) mass is 472 g/mol. The van der Waals surface area contributed by atoms with Gasteiger partial charge in [0.25, 0.3) is 0 Å². The first-order valence-corrected chi connectivity index (χ1v) is 11.9. The Morgan fingerprint density at radius 1 is 1.30 bits per heavy atom. The number of carbonyl (C=O) groups excluding carboxylic acids is 3. The SMILES string of the molecule is CC(=O)N[C@H](C(=O)N1CCC[C@H]1C(=O)NCc1ccc(-c2scnc2C)cc1O)C(C)(C)C. The van der Waals surface area contributed by atoms with Crippen LogP contribution in [0.15, 0.2) is 23.7 Å². The molecule has 3 N–H and O–H groups in total. The van der Waals surface area contributed by atoms with Crippen molar-refractivity contribution in [2.75, 3.05) is 6.54 Å². The Labute approximate surface area is 198 Å². The number of hydrogen-bond donors (Lipinski definition) is 3. The maximum atomic E-state index is 13.2. The second-order valence-electron chi connectivity index (χ2n) is 9.52. The molecule has 0 bridgehead atoms. The summed E-state index contributed by atoms with van der Waals surface area (Å²) in [5.41, 5.74) is 3.65. The summed E-state index contributed by atoms with van der Waals surface area (Å²) in [4.78, 5) is 44.6. The number of phenolic OH excluding ortho intramolecular Hbond substituents is 1. The molecule has 33 heavy (non-hydrogen) atoms. The van der Waals surface area contributed by atoms with Crippen molar-refractivity contribution in [2.45, 2.75) is 66.1 Å². The van der Waals surface area contributed by atoms with Gasteiger partial charge in [0, 0.05) is 25.6 Å². The number of amides is 3. The quantitative estimate of drug-likeness (QED) is 0.598. The van der Waals surface area contributed by atoms with Crippen LogP contribution in [0, 0.1) is 12.3 Å². The third-order valence-corrected chi connectivity index (χ3v) is 6.82. The van der Waals surface area contributed by atoms with Crippen molar-refractivity contribution in [1.82, 2.24) is 20.5 Å². The molecule has 9 heteroatoms. The number of aryl methyl sites for hydroxylation is 1. The van der Waals surface area contributed by atoms with E-state index in [1.54, 1.807) is 22.5 Å². The number of carbonyl (C=O) groups is 3. The van der Waals surface area contributed by atoms with Crippen LogP contribution in [-0.2, 0) is 20.9 Å². The van der Waals surface area contributed by atoms with Gasteiger partial charge in [-0.25, -0.2) is 4.98 Å². The van der Waals surface area contributed by atoms with Crippen molar-refractivity contribution in [2.24, 2.45) is 5.41 Å². The lowest BCUT2D eigenvalue weighted by molar-refractivity contribution is -0.143. The van der Waals surface area contributed by atoms with Gasteiger partial charge >= 0.3 is 0 Å². The zero-order chi connectivity index (χ0) is 24.3. The van der Waals surface area contributed by atoms with Crippen LogP contribution in [0.1, 0.15) is 51.8 Å². The fourth-order valence-electron chi connectivity index (χ4n) is 4.05. The van der Waals surface area contributed by atoms with Gasteiger partial charge in [-0.05, 0) is 36.8 Å². The molecule has 2 heterocycles. The number of phenols is 1. The van der Waals surface area contributed by atoms with Crippen LogP contribution in [0.2, 0.25) is 0 Å². The summed E-state index contributed by atoms with van der Waals surface area (Å²) >= 11 is 1.51.